The number of nitro groups is 1. The molecule has 1 fully saturated rings. The van der Waals surface area contributed by atoms with E-state index in [-0.39, 0.29) is 18.2 Å². The third-order valence-corrected chi connectivity index (χ3v) is 4.57. The van der Waals surface area contributed by atoms with E-state index in [1.165, 1.54) is 4.40 Å². The lowest BCUT2D eigenvalue weighted by Crippen LogP contribution is -2.48. The zero-order valence-corrected chi connectivity index (χ0v) is 14.6. The molecule has 1 atom stereocenters. The highest BCUT2D eigenvalue weighted by molar-refractivity contribution is 5.63. The molecule has 136 valence electrons. The third-order valence-electron chi connectivity index (χ3n) is 4.57. The fraction of sp³-hybridized carbons (Fsp3) is 0.562. The number of piperazine rings is 1. The summed E-state index contributed by atoms with van der Waals surface area (Å²) >= 11 is 0. The van der Waals surface area contributed by atoms with Crippen LogP contribution in [-0.4, -0.2) is 88.7 Å². The largest absolute Gasteiger partial charge is 0.390 e. The Labute approximate surface area is 146 Å². The van der Waals surface area contributed by atoms with Crippen molar-refractivity contribution in [3.8, 4) is 0 Å². The summed E-state index contributed by atoms with van der Waals surface area (Å²) in [4.78, 5) is 21.5. The molecule has 2 aromatic rings. The molecule has 0 amide bonds. The minimum Gasteiger partial charge on any atom is -0.390 e. The van der Waals surface area contributed by atoms with Gasteiger partial charge in [-0.05, 0) is 18.0 Å². The van der Waals surface area contributed by atoms with Crippen LogP contribution in [0.1, 0.15) is 0 Å². The van der Waals surface area contributed by atoms with Gasteiger partial charge in [0.1, 0.15) is 0 Å². The normalized spacial score (nSPS) is 17.7. The van der Waals surface area contributed by atoms with Crippen LogP contribution in [0.2, 0.25) is 0 Å². The molecule has 0 radical (unpaired) electrons. The van der Waals surface area contributed by atoms with Crippen LogP contribution < -0.4 is 4.90 Å². The first-order valence-electron chi connectivity index (χ1n) is 8.37. The number of hydrogen-bond acceptors (Lipinski definition) is 7. The number of aliphatic hydroxyl groups is 1. The molecule has 0 aliphatic carbocycles. The third kappa shape index (κ3) is 3.89. The topological polar surface area (TPSA) is 90.4 Å². The van der Waals surface area contributed by atoms with Crippen molar-refractivity contribution in [2.75, 3.05) is 58.3 Å². The molecule has 1 aliphatic heterocycles. The van der Waals surface area contributed by atoms with Crippen LogP contribution in [0.15, 0.2) is 24.4 Å². The lowest BCUT2D eigenvalue weighted by molar-refractivity contribution is -0.389. The molecule has 2 aromatic heterocycles. The fourth-order valence-electron chi connectivity index (χ4n) is 3.19. The van der Waals surface area contributed by atoms with E-state index in [9.17, 15) is 15.2 Å². The first kappa shape index (κ1) is 17.6. The van der Waals surface area contributed by atoms with E-state index >= 15 is 0 Å². The zero-order valence-electron chi connectivity index (χ0n) is 14.6. The summed E-state index contributed by atoms with van der Waals surface area (Å²) in [5, 5.41) is 21.9. The SMILES string of the molecule is CN1CCN(C[C@@H](O)CN(C)c2nc3ccccn3c2[N+](=O)[O-])CC1. The average molecular weight is 348 g/mol. The average Bonchev–Trinajstić information content (AvgIpc) is 2.96. The van der Waals surface area contributed by atoms with E-state index in [2.05, 4.69) is 21.8 Å². The maximum Gasteiger partial charge on any atom is 0.372 e. The number of likely N-dealkylation sites (N-methyl/N-ethyl adjacent to an activating group) is 2. The van der Waals surface area contributed by atoms with E-state index < -0.39 is 11.0 Å². The molecule has 1 saturated heterocycles. The van der Waals surface area contributed by atoms with Crippen molar-refractivity contribution in [1.29, 1.82) is 0 Å². The van der Waals surface area contributed by atoms with Crippen molar-refractivity contribution in [3.63, 3.8) is 0 Å². The molecule has 0 bridgehead atoms. The van der Waals surface area contributed by atoms with Crippen LogP contribution in [0.5, 0.6) is 0 Å². The molecule has 1 N–H and O–H groups in total. The Hall–Kier alpha value is -2.23. The monoisotopic (exact) mass is 348 g/mol. The van der Waals surface area contributed by atoms with Crippen molar-refractivity contribution in [3.05, 3.63) is 34.5 Å². The van der Waals surface area contributed by atoms with E-state index in [1.807, 2.05) is 0 Å². The predicted octanol–water partition coefficient (Wildman–Crippen LogP) is 0.287. The molecule has 3 rings (SSSR count). The number of anilines is 1. The van der Waals surface area contributed by atoms with Gasteiger partial charge in [-0.1, -0.05) is 6.07 Å². The Bertz CT molecular complexity index is 741. The molecule has 1 aliphatic rings. The second-order valence-corrected chi connectivity index (χ2v) is 6.58. The number of aromatic nitrogens is 2. The maximum absolute atomic E-state index is 11.5. The van der Waals surface area contributed by atoms with Gasteiger partial charge in [0.15, 0.2) is 0 Å². The minimum absolute atomic E-state index is 0.0788. The van der Waals surface area contributed by atoms with Gasteiger partial charge < -0.3 is 25.0 Å². The van der Waals surface area contributed by atoms with Crippen molar-refractivity contribution in [1.82, 2.24) is 19.2 Å². The number of aliphatic hydroxyl groups excluding tert-OH is 1. The molecule has 9 nitrogen and oxygen atoms in total. The van der Waals surface area contributed by atoms with Crippen LogP contribution in [0.25, 0.3) is 5.65 Å². The Balaban J connectivity index is 1.70. The van der Waals surface area contributed by atoms with Crippen LogP contribution in [0.3, 0.4) is 0 Å². The van der Waals surface area contributed by atoms with Gasteiger partial charge in [0, 0.05) is 52.4 Å². The molecule has 0 spiro atoms. The van der Waals surface area contributed by atoms with Crippen LogP contribution >= 0.6 is 0 Å². The Morgan fingerprint density at radius 3 is 2.76 bits per heavy atom. The lowest BCUT2D eigenvalue weighted by Gasteiger charge is -2.34. The van der Waals surface area contributed by atoms with Gasteiger partial charge >= 0.3 is 5.82 Å². The van der Waals surface area contributed by atoms with Gasteiger partial charge in [-0.3, -0.25) is 4.90 Å². The summed E-state index contributed by atoms with van der Waals surface area (Å²) in [5.41, 5.74) is 0.518. The second kappa shape index (κ2) is 7.34. The van der Waals surface area contributed by atoms with Gasteiger partial charge in [0.05, 0.1) is 12.3 Å². The van der Waals surface area contributed by atoms with Gasteiger partial charge in [-0.25, -0.2) is 0 Å². The quantitative estimate of drug-likeness (QED) is 0.592. The summed E-state index contributed by atoms with van der Waals surface area (Å²) in [7, 11) is 3.81. The van der Waals surface area contributed by atoms with Crippen molar-refractivity contribution >= 4 is 17.3 Å². The summed E-state index contributed by atoms with van der Waals surface area (Å²) in [5.74, 6) is 0.193. The summed E-state index contributed by atoms with van der Waals surface area (Å²) in [6.45, 7) is 4.66. The van der Waals surface area contributed by atoms with Crippen LogP contribution in [-0.2, 0) is 0 Å². The molecule has 0 aromatic carbocycles. The molecular formula is C16H24N6O3. The first-order chi connectivity index (χ1) is 12.0. The smallest absolute Gasteiger partial charge is 0.372 e. The van der Waals surface area contributed by atoms with Crippen molar-refractivity contribution < 1.29 is 10.0 Å². The predicted molar refractivity (Wildman–Crippen MR) is 95.1 cm³/mol. The number of rotatable bonds is 6. The standard InChI is InChI=1S/C16H24N6O3/c1-18-7-9-20(10-8-18)12-13(23)11-19(2)15-16(22(24)25)21-6-4-3-5-14(21)17-15/h3-6,13,23H,7-12H2,1-2H3/t13-/m0/s1. The lowest BCUT2D eigenvalue weighted by atomic mass is 10.2. The Morgan fingerprint density at radius 1 is 1.36 bits per heavy atom. The Morgan fingerprint density at radius 2 is 2.08 bits per heavy atom. The highest BCUT2D eigenvalue weighted by Crippen LogP contribution is 2.28. The Kier molecular flexibility index (Phi) is 5.16. The van der Waals surface area contributed by atoms with Gasteiger partial charge in [-0.2, -0.15) is 9.38 Å². The van der Waals surface area contributed by atoms with E-state index in [4.69, 9.17) is 0 Å². The molecule has 9 heteroatoms. The molecular weight excluding hydrogens is 324 g/mol. The van der Waals surface area contributed by atoms with Gasteiger partial charge in [-0.15, -0.1) is 0 Å². The highest BCUT2D eigenvalue weighted by Gasteiger charge is 2.27. The minimum atomic E-state index is -0.599. The van der Waals surface area contributed by atoms with Crippen molar-refractivity contribution in [2.45, 2.75) is 6.10 Å². The number of nitrogens with zero attached hydrogens (tertiary/aromatic N) is 6. The van der Waals surface area contributed by atoms with Gasteiger partial charge in [0.25, 0.3) is 0 Å². The molecule has 3 heterocycles. The second-order valence-electron chi connectivity index (χ2n) is 6.58. The van der Waals surface area contributed by atoms with Gasteiger partial charge in [0.2, 0.25) is 11.5 Å². The first-order valence-corrected chi connectivity index (χ1v) is 8.37. The van der Waals surface area contributed by atoms with E-state index in [1.54, 1.807) is 36.3 Å². The van der Waals surface area contributed by atoms with Crippen LogP contribution in [0, 0.1) is 10.1 Å². The van der Waals surface area contributed by atoms with E-state index in [0.29, 0.717) is 12.2 Å². The van der Waals surface area contributed by atoms with E-state index in [0.717, 1.165) is 26.2 Å². The van der Waals surface area contributed by atoms with Crippen LogP contribution in [0.4, 0.5) is 11.6 Å². The maximum atomic E-state index is 11.5. The molecule has 0 saturated carbocycles. The summed E-state index contributed by atoms with van der Waals surface area (Å²) < 4.78 is 1.46. The number of fused-ring (bicyclic) bond motifs is 1. The number of β-amino-alcohol motifs (C(OH)–C–C–N with tert-alkyl or cyclic N) is 1. The highest BCUT2D eigenvalue weighted by atomic mass is 16.6. The van der Waals surface area contributed by atoms with Crippen molar-refractivity contribution in [2.24, 2.45) is 0 Å². The number of hydrogen-bond donors (Lipinski definition) is 1. The number of pyridine rings is 1. The molecule has 25 heavy (non-hydrogen) atoms. The number of imidazole rings is 1. The summed E-state index contributed by atoms with van der Waals surface area (Å²) in [6.07, 6.45) is 1.02. The molecule has 0 unspecified atom stereocenters. The summed E-state index contributed by atoms with van der Waals surface area (Å²) in [6, 6.07) is 5.25. The fourth-order valence-corrected chi connectivity index (χ4v) is 3.19. The zero-order chi connectivity index (χ0) is 18.0.